The molecule has 0 fully saturated rings. The summed E-state index contributed by atoms with van der Waals surface area (Å²) >= 11 is 0. The minimum Gasteiger partial charge on any atom is -0.388 e. The lowest BCUT2D eigenvalue weighted by Gasteiger charge is -1.90. The fourth-order valence-corrected chi connectivity index (χ4v) is 0.605. The lowest BCUT2D eigenvalue weighted by atomic mass is 10.3. The molecule has 0 atom stereocenters. The number of nitrogens with one attached hydrogen (secondary N) is 1. The molecule has 0 rings (SSSR count). The van der Waals surface area contributed by atoms with Gasteiger partial charge >= 0.3 is 0 Å². The van der Waals surface area contributed by atoms with Gasteiger partial charge in [-0.2, -0.15) is 0 Å². The number of allylic oxidation sites excluding steroid dienone is 1. The van der Waals surface area contributed by atoms with Crippen molar-refractivity contribution < 1.29 is 9.72 Å². The topological polar surface area (TPSA) is 98.3 Å². The van der Waals surface area contributed by atoms with Gasteiger partial charge in [0.25, 0.3) is 5.70 Å². The van der Waals surface area contributed by atoms with E-state index in [0.29, 0.717) is 0 Å². The smallest absolute Gasteiger partial charge is 0.284 e. The summed E-state index contributed by atoms with van der Waals surface area (Å²) in [4.78, 5) is 20.0. The van der Waals surface area contributed by atoms with Crippen LogP contribution in [0.25, 0.3) is 0 Å². The monoisotopic (exact) mass is 185 g/mol. The van der Waals surface area contributed by atoms with Crippen LogP contribution in [0, 0.1) is 10.1 Å². The van der Waals surface area contributed by atoms with Crippen molar-refractivity contribution in [3.63, 3.8) is 0 Å². The van der Waals surface area contributed by atoms with Crippen LogP contribution in [0.3, 0.4) is 0 Å². The Morgan fingerprint density at radius 1 is 1.69 bits per heavy atom. The quantitative estimate of drug-likeness (QED) is 0.350. The SMILES string of the molecule is CN/C=C(\C=C/CC(N)=O)[N+](=O)[O-]. The van der Waals surface area contributed by atoms with Crippen molar-refractivity contribution in [3.05, 3.63) is 34.2 Å². The summed E-state index contributed by atoms with van der Waals surface area (Å²) in [5.41, 5.74) is 4.71. The summed E-state index contributed by atoms with van der Waals surface area (Å²) in [6.45, 7) is 0. The van der Waals surface area contributed by atoms with E-state index in [1.54, 1.807) is 7.05 Å². The van der Waals surface area contributed by atoms with Crippen molar-refractivity contribution in [2.75, 3.05) is 7.05 Å². The molecule has 0 aromatic rings. The molecule has 0 aliphatic carbocycles. The Morgan fingerprint density at radius 3 is 2.69 bits per heavy atom. The Bertz CT molecular complexity index is 258. The van der Waals surface area contributed by atoms with Crippen molar-refractivity contribution in [2.24, 2.45) is 5.73 Å². The summed E-state index contributed by atoms with van der Waals surface area (Å²) in [7, 11) is 1.55. The number of carbonyl (C=O) groups is 1. The minimum absolute atomic E-state index is 0.00507. The van der Waals surface area contributed by atoms with Crippen LogP contribution >= 0.6 is 0 Å². The van der Waals surface area contributed by atoms with Gasteiger partial charge in [-0.15, -0.1) is 0 Å². The number of hydrogen-bond acceptors (Lipinski definition) is 4. The molecule has 6 nitrogen and oxygen atoms in total. The van der Waals surface area contributed by atoms with Crippen LogP contribution < -0.4 is 11.1 Å². The van der Waals surface area contributed by atoms with E-state index in [4.69, 9.17) is 5.73 Å². The molecule has 13 heavy (non-hydrogen) atoms. The van der Waals surface area contributed by atoms with Gasteiger partial charge in [0, 0.05) is 19.5 Å². The molecule has 0 aromatic carbocycles. The van der Waals surface area contributed by atoms with Crippen molar-refractivity contribution >= 4 is 5.91 Å². The number of nitrogens with two attached hydrogens (primary N) is 1. The summed E-state index contributed by atoms with van der Waals surface area (Å²) < 4.78 is 0. The van der Waals surface area contributed by atoms with E-state index >= 15 is 0 Å². The van der Waals surface area contributed by atoms with Crippen molar-refractivity contribution in [2.45, 2.75) is 6.42 Å². The average Bonchev–Trinajstić information content (AvgIpc) is 2.02. The summed E-state index contributed by atoms with van der Waals surface area (Å²) in [6, 6.07) is 0. The van der Waals surface area contributed by atoms with Crippen LogP contribution in [-0.2, 0) is 4.79 Å². The molecular weight excluding hydrogens is 174 g/mol. The first-order chi connectivity index (χ1) is 6.07. The maximum absolute atomic E-state index is 10.3. The lowest BCUT2D eigenvalue weighted by molar-refractivity contribution is -0.419. The molecule has 1 amide bonds. The third kappa shape index (κ3) is 5.42. The lowest BCUT2D eigenvalue weighted by Crippen LogP contribution is -2.08. The standard InChI is InChI=1S/C7H11N3O3/c1-9-5-6(10(12)13)3-2-4-7(8)11/h2-3,5,9H,4H2,1H3,(H2,8,11)/b3-2-,6-5+. The Kier molecular flexibility index (Phi) is 4.94. The highest BCUT2D eigenvalue weighted by Gasteiger charge is 2.03. The Labute approximate surface area is 75.3 Å². The zero-order chi connectivity index (χ0) is 10.3. The average molecular weight is 185 g/mol. The molecule has 0 heterocycles. The number of nitro groups is 1. The molecule has 0 saturated carbocycles. The first kappa shape index (κ1) is 11.2. The minimum atomic E-state index is -0.562. The second-order valence-electron chi connectivity index (χ2n) is 2.19. The van der Waals surface area contributed by atoms with Crippen LogP contribution in [-0.4, -0.2) is 17.9 Å². The van der Waals surface area contributed by atoms with Crippen molar-refractivity contribution in [3.8, 4) is 0 Å². The fourth-order valence-electron chi connectivity index (χ4n) is 0.605. The zero-order valence-electron chi connectivity index (χ0n) is 7.19. The number of hydrogen-bond donors (Lipinski definition) is 2. The Hall–Kier alpha value is -1.85. The molecule has 72 valence electrons. The predicted octanol–water partition coefficient (Wildman–Crippen LogP) is -0.244. The van der Waals surface area contributed by atoms with Crippen LogP contribution in [0.5, 0.6) is 0 Å². The van der Waals surface area contributed by atoms with Gasteiger partial charge in [0.15, 0.2) is 0 Å². The van der Waals surface area contributed by atoms with E-state index < -0.39 is 10.8 Å². The van der Waals surface area contributed by atoms with Gasteiger partial charge in [-0.1, -0.05) is 6.08 Å². The molecule has 0 aliphatic heterocycles. The number of carbonyl (C=O) groups excluding carboxylic acids is 1. The first-order valence-corrected chi connectivity index (χ1v) is 3.54. The molecule has 6 heteroatoms. The second-order valence-corrected chi connectivity index (χ2v) is 2.19. The molecule has 0 bridgehead atoms. The zero-order valence-corrected chi connectivity index (χ0v) is 7.19. The predicted molar refractivity (Wildman–Crippen MR) is 47.1 cm³/mol. The normalized spacial score (nSPS) is 11.6. The third-order valence-corrected chi connectivity index (χ3v) is 1.11. The van der Waals surface area contributed by atoms with Gasteiger partial charge in [0.1, 0.15) is 0 Å². The molecule has 3 N–H and O–H groups in total. The highest BCUT2D eigenvalue weighted by atomic mass is 16.6. The van der Waals surface area contributed by atoms with E-state index in [1.807, 2.05) is 0 Å². The highest BCUT2D eigenvalue weighted by molar-refractivity contribution is 5.75. The first-order valence-electron chi connectivity index (χ1n) is 3.54. The highest BCUT2D eigenvalue weighted by Crippen LogP contribution is 1.96. The summed E-state index contributed by atoms with van der Waals surface area (Å²) in [6.07, 6.45) is 3.78. The molecule has 0 spiro atoms. The van der Waals surface area contributed by atoms with Gasteiger partial charge in [0.05, 0.1) is 11.1 Å². The number of primary amides is 1. The van der Waals surface area contributed by atoms with Gasteiger partial charge < -0.3 is 11.1 Å². The van der Waals surface area contributed by atoms with Gasteiger partial charge in [-0.25, -0.2) is 0 Å². The fraction of sp³-hybridized carbons (Fsp3) is 0.286. The number of amides is 1. The molecule has 0 aromatic heterocycles. The number of rotatable bonds is 5. The van der Waals surface area contributed by atoms with Crippen molar-refractivity contribution in [1.82, 2.24) is 5.32 Å². The van der Waals surface area contributed by atoms with E-state index in [-0.39, 0.29) is 12.1 Å². The third-order valence-electron chi connectivity index (χ3n) is 1.11. The number of nitrogens with zero attached hydrogens (tertiary/aromatic N) is 1. The van der Waals surface area contributed by atoms with E-state index in [1.165, 1.54) is 18.4 Å². The van der Waals surface area contributed by atoms with Gasteiger partial charge in [0.2, 0.25) is 5.91 Å². The van der Waals surface area contributed by atoms with E-state index in [9.17, 15) is 14.9 Å². The van der Waals surface area contributed by atoms with Crippen molar-refractivity contribution in [1.29, 1.82) is 0 Å². The summed E-state index contributed by atoms with van der Waals surface area (Å²) in [5.74, 6) is -0.525. The molecule has 0 unspecified atom stereocenters. The second kappa shape index (κ2) is 5.76. The van der Waals surface area contributed by atoms with Gasteiger partial charge in [-0.05, 0) is 0 Å². The Balaban J connectivity index is 4.27. The maximum Gasteiger partial charge on any atom is 0.284 e. The van der Waals surface area contributed by atoms with Gasteiger partial charge in [-0.3, -0.25) is 14.9 Å². The van der Waals surface area contributed by atoms with Crippen LogP contribution in [0.4, 0.5) is 0 Å². The van der Waals surface area contributed by atoms with E-state index in [0.717, 1.165) is 0 Å². The molecule has 0 aliphatic rings. The van der Waals surface area contributed by atoms with Crippen LogP contribution in [0.15, 0.2) is 24.0 Å². The van der Waals surface area contributed by atoms with Crippen LogP contribution in [0.1, 0.15) is 6.42 Å². The maximum atomic E-state index is 10.3. The van der Waals surface area contributed by atoms with E-state index in [2.05, 4.69) is 5.32 Å². The molecular formula is C7H11N3O3. The Morgan fingerprint density at radius 2 is 2.31 bits per heavy atom. The molecule has 0 saturated heterocycles. The molecule has 0 radical (unpaired) electrons. The largest absolute Gasteiger partial charge is 0.388 e. The van der Waals surface area contributed by atoms with Crippen LogP contribution in [0.2, 0.25) is 0 Å². The summed E-state index contributed by atoms with van der Waals surface area (Å²) in [5, 5.41) is 12.8.